The van der Waals surface area contributed by atoms with Crippen molar-refractivity contribution in [1.82, 2.24) is 10.3 Å². The second kappa shape index (κ2) is 6.72. The van der Waals surface area contributed by atoms with Gasteiger partial charge in [0.05, 0.1) is 12.6 Å². The fourth-order valence-corrected chi connectivity index (χ4v) is 2.57. The third-order valence-corrected chi connectivity index (χ3v) is 3.56. The van der Waals surface area contributed by atoms with E-state index >= 15 is 0 Å². The molecule has 0 bridgehead atoms. The molecule has 1 atom stereocenters. The lowest BCUT2D eigenvalue weighted by molar-refractivity contribution is 0.228. The highest BCUT2D eigenvalue weighted by atomic mass is 16.3. The first-order chi connectivity index (χ1) is 8.40. The first-order valence-electron chi connectivity index (χ1n) is 6.67. The molecule has 1 aromatic heterocycles. The largest absolute Gasteiger partial charge is 0.394 e. The van der Waals surface area contributed by atoms with Crippen molar-refractivity contribution in [2.45, 2.75) is 50.6 Å². The van der Waals surface area contributed by atoms with E-state index in [9.17, 15) is 5.11 Å². The smallest absolute Gasteiger partial charge is 0.0627 e. The Morgan fingerprint density at radius 1 is 1.29 bits per heavy atom. The van der Waals surface area contributed by atoms with Crippen molar-refractivity contribution in [2.24, 2.45) is 0 Å². The van der Waals surface area contributed by atoms with Crippen LogP contribution in [0.2, 0.25) is 0 Å². The van der Waals surface area contributed by atoms with Crippen molar-refractivity contribution in [2.75, 3.05) is 6.61 Å². The fourth-order valence-electron chi connectivity index (χ4n) is 2.57. The van der Waals surface area contributed by atoms with Gasteiger partial charge in [-0.3, -0.25) is 4.98 Å². The molecule has 1 heterocycles. The van der Waals surface area contributed by atoms with E-state index in [-0.39, 0.29) is 12.6 Å². The van der Waals surface area contributed by atoms with Gasteiger partial charge in [-0.2, -0.15) is 0 Å². The summed E-state index contributed by atoms with van der Waals surface area (Å²) in [7, 11) is 0. The molecule has 1 unspecified atom stereocenters. The third kappa shape index (κ3) is 3.79. The highest BCUT2D eigenvalue weighted by Crippen LogP contribution is 2.20. The van der Waals surface area contributed by atoms with Crippen LogP contribution in [0.1, 0.15) is 50.1 Å². The summed E-state index contributed by atoms with van der Waals surface area (Å²) in [6.45, 7) is 0.141. The van der Waals surface area contributed by atoms with Crippen LogP contribution in [-0.2, 0) is 0 Å². The molecule has 0 aliphatic heterocycles. The first kappa shape index (κ1) is 12.5. The minimum absolute atomic E-state index is 0.0341. The van der Waals surface area contributed by atoms with Gasteiger partial charge in [-0.05, 0) is 24.5 Å². The highest BCUT2D eigenvalue weighted by molar-refractivity contribution is 5.14. The molecule has 0 amide bonds. The van der Waals surface area contributed by atoms with Crippen LogP contribution in [-0.4, -0.2) is 22.7 Å². The molecule has 0 radical (unpaired) electrons. The summed E-state index contributed by atoms with van der Waals surface area (Å²) in [4.78, 5) is 4.11. The lowest BCUT2D eigenvalue weighted by Gasteiger charge is -2.23. The zero-order chi connectivity index (χ0) is 11.9. The molecule has 1 fully saturated rings. The van der Waals surface area contributed by atoms with Gasteiger partial charge in [-0.15, -0.1) is 0 Å². The van der Waals surface area contributed by atoms with Crippen molar-refractivity contribution in [1.29, 1.82) is 0 Å². The molecule has 0 saturated heterocycles. The topological polar surface area (TPSA) is 45.1 Å². The molecule has 0 aromatic carbocycles. The number of hydrogen-bond donors (Lipinski definition) is 2. The van der Waals surface area contributed by atoms with Crippen molar-refractivity contribution in [3.05, 3.63) is 30.1 Å². The molecule has 2 N–H and O–H groups in total. The first-order valence-corrected chi connectivity index (χ1v) is 6.67. The van der Waals surface area contributed by atoms with Crippen LogP contribution in [0.4, 0.5) is 0 Å². The maximum absolute atomic E-state index is 9.49. The van der Waals surface area contributed by atoms with E-state index in [1.807, 2.05) is 18.3 Å². The lowest BCUT2D eigenvalue weighted by Crippen LogP contribution is -2.34. The Bertz CT molecular complexity index is 307. The number of rotatable bonds is 4. The summed E-state index contributed by atoms with van der Waals surface area (Å²) < 4.78 is 0. The number of pyridine rings is 1. The maximum Gasteiger partial charge on any atom is 0.0627 e. The molecule has 1 aliphatic carbocycles. The highest BCUT2D eigenvalue weighted by Gasteiger charge is 2.17. The van der Waals surface area contributed by atoms with Crippen molar-refractivity contribution in [3.63, 3.8) is 0 Å². The normalized spacial score (nSPS) is 19.8. The Morgan fingerprint density at radius 3 is 2.65 bits per heavy atom. The number of aliphatic hydroxyl groups excluding tert-OH is 1. The average Bonchev–Trinajstić information content (AvgIpc) is 2.65. The minimum atomic E-state index is 0.0341. The molecule has 2 rings (SSSR count). The Labute approximate surface area is 103 Å². The van der Waals surface area contributed by atoms with Crippen LogP contribution in [0, 0.1) is 0 Å². The Kier molecular flexibility index (Phi) is 4.95. The summed E-state index contributed by atoms with van der Waals surface area (Å²) in [6, 6.07) is 4.53. The van der Waals surface area contributed by atoms with Crippen LogP contribution in [0.25, 0.3) is 0 Å². The Morgan fingerprint density at radius 2 is 2.06 bits per heavy atom. The monoisotopic (exact) mass is 234 g/mol. The van der Waals surface area contributed by atoms with Crippen LogP contribution >= 0.6 is 0 Å². The lowest BCUT2D eigenvalue weighted by atomic mass is 10.0. The molecule has 3 heteroatoms. The second-order valence-electron chi connectivity index (χ2n) is 4.88. The SMILES string of the molecule is OCC(NC1CCCCCC1)c1cccnc1. The molecule has 1 aliphatic rings. The van der Waals surface area contributed by atoms with Gasteiger partial charge in [0, 0.05) is 18.4 Å². The van der Waals surface area contributed by atoms with E-state index in [2.05, 4.69) is 10.3 Å². The zero-order valence-corrected chi connectivity index (χ0v) is 10.3. The van der Waals surface area contributed by atoms with Crippen LogP contribution in [0.3, 0.4) is 0 Å². The van der Waals surface area contributed by atoms with Gasteiger partial charge in [0.1, 0.15) is 0 Å². The molecule has 1 saturated carbocycles. The van der Waals surface area contributed by atoms with Gasteiger partial charge in [0.25, 0.3) is 0 Å². The Hall–Kier alpha value is -0.930. The minimum Gasteiger partial charge on any atom is -0.394 e. The van der Waals surface area contributed by atoms with Crippen LogP contribution < -0.4 is 5.32 Å². The third-order valence-electron chi connectivity index (χ3n) is 3.56. The molecule has 17 heavy (non-hydrogen) atoms. The quantitative estimate of drug-likeness (QED) is 0.786. The maximum atomic E-state index is 9.49. The standard InChI is InChI=1S/C14H22N2O/c17-11-14(12-6-5-9-15-10-12)16-13-7-3-1-2-4-8-13/h5-6,9-10,13-14,16-17H,1-4,7-8,11H2. The van der Waals surface area contributed by atoms with Gasteiger partial charge < -0.3 is 10.4 Å². The van der Waals surface area contributed by atoms with E-state index in [4.69, 9.17) is 0 Å². The number of nitrogens with one attached hydrogen (secondary N) is 1. The van der Waals surface area contributed by atoms with Crippen LogP contribution in [0.15, 0.2) is 24.5 Å². The zero-order valence-electron chi connectivity index (χ0n) is 10.3. The average molecular weight is 234 g/mol. The molecule has 0 spiro atoms. The summed E-state index contributed by atoms with van der Waals surface area (Å²) >= 11 is 0. The van der Waals surface area contributed by atoms with Gasteiger partial charge in [0.15, 0.2) is 0 Å². The van der Waals surface area contributed by atoms with E-state index in [0.29, 0.717) is 6.04 Å². The van der Waals surface area contributed by atoms with Gasteiger partial charge >= 0.3 is 0 Å². The number of nitrogens with zero attached hydrogens (tertiary/aromatic N) is 1. The predicted molar refractivity (Wildman–Crippen MR) is 68.7 cm³/mol. The molecular formula is C14H22N2O. The summed E-state index contributed by atoms with van der Waals surface area (Å²) in [6.07, 6.45) is 11.4. The van der Waals surface area contributed by atoms with Gasteiger partial charge in [0.2, 0.25) is 0 Å². The van der Waals surface area contributed by atoms with E-state index < -0.39 is 0 Å². The molecule has 1 aromatic rings. The summed E-state index contributed by atoms with van der Waals surface area (Å²) in [5.74, 6) is 0. The number of aliphatic hydroxyl groups is 1. The Balaban J connectivity index is 1.94. The van der Waals surface area contributed by atoms with E-state index in [1.165, 1.54) is 38.5 Å². The van der Waals surface area contributed by atoms with Crippen LogP contribution in [0.5, 0.6) is 0 Å². The van der Waals surface area contributed by atoms with Crippen molar-refractivity contribution < 1.29 is 5.11 Å². The van der Waals surface area contributed by atoms with Gasteiger partial charge in [-0.1, -0.05) is 31.7 Å². The van der Waals surface area contributed by atoms with Crippen molar-refractivity contribution >= 4 is 0 Å². The van der Waals surface area contributed by atoms with Gasteiger partial charge in [-0.25, -0.2) is 0 Å². The summed E-state index contributed by atoms with van der Waals surface area (Å²) in [5.41, 5.74) is 1.08. The number of aromatic nitrogens is 1. The number of hydrogen-bond acceptors (Lipinski definition) is 3. The second-order valence-corrected chi connectivity index (χ2v) is 4.88. The molecule has 94 valence electrons. The van der Waals surface area contributed by atoms with E-state index in [1.54, 1.807) is 6.20 Å². The summed E-state index contributed by atoms with van der Waals surface area (Å²) in [5, 5.41) is 13.1. The molecule has 3 nitrogen and oxygen atoms in total. The van der Waals surface area contributed by atoms with Crippen molar-refractivity contribution in [3.8, 4) is 0 Å². The fraction of sp³-hybridized carbons (Fsp3) is 0.643. The molecular weight excluding hydrogens is 212 g/mol. The van der Waals surface area contributed by atoms with E-state index in [0.717, 1.165) is 5.56 Å². The predicted octanol–water partition coefficient (Wildman–Crippen LogP) is 2.43.